The molecule has 1 aliphatic heterocycles. The summed E-state index contributed by atoms with van der Waals surface area (Å²) in [7, 11) is 3.56. The van der Waals surface area contributed by atoms with E-state index in [1.54, 1.807) is 13.3 Å². The van der Waals surface area contributed by atoms with Crippen molar-refractivity contribution in [1.82, 2.24) is 25.0 Å². The van der Waals surface area contributed by atoms with Crippen LogP contribution in [0.5, 0.6) is 0 Å². The van der Waals surface area contributed by atoms with E-state index in [-0.39, 0.29) is 11.9 Å². The van der Waals surface area contributed by atoms with Gasteiger partial charge in [0.1, 0.15) is 0 Å². The van der Waals surface area contributed by atoms with Crippen molar-refractivity contribution in [3.8, 4) is 0 Å². The van der Waals surface area contributed by atoms with Crippen LogP contribution in [0.15, 0.2) is 36.8 Å². The molecular weight excluding hydrogens is 342 g/mol. The van der Waals surface area contributed by atoms with Crippen molar-refractivity contribution >= 4 is 5.91 Å². The van der Waals surface area contributed by atoms with Gasteiger partial charge in [-0.3, -0.25) is 19.4 Å². The average Bonchev–Trinajstić information content (AvgIpc) is 3.10. The molecule has 1 N–H and O–H groups in total. The highest BCUT2D eigenvalue weighted by Crippen LogP contribution is 2.30. The van der Waals surface area contributed by atoms with Crippen molar-refractivity contribution in [3.05, 3.63) is 48.0 Å². The van der Waals surface area contributed by atoms with Crippen LogP contribution in [-0.4, -0.2) is 52.4 Å². The predicted molar refractivity (Wildman–Crippen MR) is 103 cm³/mol. The van der Waals surface area contributed by atoms with Gasteiger partial charge in [0, 0.05) is 45.1 Å². The van der Waals surface area contributed by atoms with Crippen molar-refractivity contribution in [2.45, 2.75) is 31.8 Å². The number of amides is 1. The number of ether oxygens (including phenoxy) is 1. The molecule has 0 bridgehead atoms. The molecule has 2 aromatic heterocycles. The molecule has 146 valence electrons. The number of nitrogens with one attached hydrogen (secondary N) is 1. The Bertz CT molecular complexity index is 710. The van der Waals surface area contributed by atoms with Crippen LogP contribution in [0.2, 0.25) is 0 Å². The third-order valence-corrected chi connectivity index (χ3v) is 5.12. The minimum Gasteiger partial charge on any atom is -0.384 e. The molecule has 7 heteroatoms. The summed E-state index contributed by atoms with van der Waals surface area (Å²) in [6.07, 6.45) is 8.23. The smallest absolute Gasteiger partial charge is 0.222 e. The number of carbonyl (C=O) groups excluding carboxylic acids is 1. The van der Waals surface area contributed by atoms with E-state index < -0.39 is 0 Å². The monoisotopic (exact) mass is 371 g/mol. The normalized spacial score (nSPS) is 17.0. The summed E-state index contributed by atoms with van der Waals surface area (Å²) in [5, 5.41) is 7.44. The fraction of sp³-hybridized carbons (Fsp3) is 0.550. The average molecular weight is 371 g/mol. The zero-order valence-electron chi connectivity index (χ0n) is 16.2. The Hall–Kier alpha value is -2.25. The lowest BCUT2D eigenvalue weighted by atomic mass is 9.87. The van der Waals surface area contributed by atoms with Gasteiger partial charge in [-0.05, 0) is 44.0 Å². The van der Waals surface area contributed by atoms with E-state index in [2.05, 4.69) is 26.5 Å². The van der Waals surface area contributed by atoms with Crippen LogP contribution in [0.1, 0.15) is 36.6 Å². The second-order valence-electron chi connectivity index (χ2n) is 7.18. The highest BCUT2D eigenvalue weighted by Gasteiger charge is 2.29. The fourth-order valence-electron chi connectivity index (χ4n) is 3.69. The second-order valence-corrected chi connectivity index (χ2v) is 7.18. The van der Waals surface area contributed by atoms with Gasteiger partial charge in [-0.1, -0.05) is 6.07 Å². The largest absolute Gasteiger partial charge is 0.384 e. The Morgan fingerprint density at radius 3 is 2.81 bits per heavy atom. The van der Waals surface area contributed by atoms with Crippen LogP contribution in [0.3, 0.4) is 0 Å². The number of hydrogen-bond donors (Lipinski definition) is 1. The van der Waals surface area contributed by atoms with Crippen LogP contribution in [0, 0.1) is 5.92 Å². The third-order valence-electron chi connectivity index (χ3n) is 5.12. The third kappa shape index (κ3) is 5.61. The molecule has 7 nitrogen and oxygen atoms in total. The molecule has 1 aliphatic rings. The number of piperidine rings is 1. The number of nitrogens with zero attached hydrogens (tertiary/aromatic N) is 4. The predicted octanol–water partition coefficient (Wildman–Crippen LogP) is 1.92. The number of rotatable bonds is 8. The molecule has 0 saturated carbocycles. The highest BCUT2D eigenvalue weighted by atomic mass is 16.5. The summed E-state index contributed by atoms with van der Waals surface area (Å²) >= 11 is 0. The molecule has 0 aromatic carbocycles. The first-order valence-electron chi connectivity index (χ1n) is 9.55. The molecule has 1 amide bonds. The molecule has 27 heavy (non-hydrogen) atoms. The summed E-state index contributed by atoms with van der Waals surface area (Å²) < 4.78 is 6.87. The summed E-state index contributed by atoms with van der Waals surface area (Å²) in [6, 6.07) is 5.84. The van der Waals surface area contributed by atoms with Crippen molar-refractivity contribution in [2.75, 3.05) is 26.8 Å². The van der Waals surface area contributed by atoms with E-state index in [4.69, 9.17) is 4.74 Å². The number of likely N-dealkylation sites (tertiary alicyclic amines) is 1. The highest BCUT2D eigenvalue weighted by molar-refractivity contribution is 5.76. The van der Waals surface area contributed by atoms with Gasteiger partial charge in [0.15, 0.2) is 0 Å². The molecule has 3 heterocycles. The van der Waals surface area contributed by atoms with Gasteiger partial charge in [-0.25, -0.2) is 0 Å². The zero-order chi connectivity index (χ0) is 19.1. The molecule has 0 spiro atoms. The summed E-state index contributed by atoms with van der Waals surface area (Å²) in [5.41, 5.74) is 2.18. The summed E-state index contributed by atoms with van der Waals surface area (Å²) in [4.78, 5) is 19.3. The van der Waals surface area contributed by atoms with Gasteiger partial charge in [0.05, 0.1) is 24.5 Å². The number of aryl methyl sites for hydroxylation is 1. The Labute approximate surface area is 160 Å². The van der Waals surface area contributed by atoms with Gasteiger partial charge >= 0.3 is 0 Å². The number of pyridine rings is 1. The van der Waals surface area contributed by atoms with Gasteiger partial charge < -0.3 is 10.1 Å². The van der Waals surface area contributed by atoms with Crippen molar-refractivity contribution in [3.63, 3.8) is 0 Å². The van der Waals surface area contributed by atoms with Gasteiger partial charge in [0.2, 0.25) is 5.91 Å². The molecule has 1 saturated heterocycles. The Morgan fingerprint density at radius 1 is 1.37 bits per heavy atom. The second kappa shape index (κ2) is 9.62. The Morgan fingerprint density at radius 2 is 2.19 bits per heavy atom. The van der Waals surface area contributed by atoms with Gasteiger partial charge in [-0.2, -0.15) is 5.10 Å². The molecule has 3 rings (SSSR count). The molecule has 0 aliphatic carbocycles. The van der Waals surface area contributed by atoms with Crippen molar-refractivity contribution in [2.24, 2.45) is 13.0 Å². The van der Waals surface area contributed by atoms with Crippen LogP contribution in [-0.2, 0) is 23.1 Å². The van der Waals surface area contributed by atoms with E-state index in [1.165, 1.54) is 5.56 Å². The first-order chi connectivity index (χ1) is 13.2. The molecule has 0 radical (unpaired) electrons. The molecule has 0 unspecified atom stereocenters. The maximum absolute atomic E-state index is 12.3. The van der Waals surface area contributed by atoms with Crippen LogP contribution < -0.4 is 5.32 Å². The maximum atomic E-state index is 12.3. The SMILES string of the molecule is COCCC(=O)N[C@H](c1ccccn1)C1CCN(Cc2cnn(C)c2)CC1. The van der Waals surface area contributed by atoms with Crippen LogP contribution in [0.4, 0.5) is 0 Å². The van der Waals surface area contributed by atoms with E-state index >= 15 is 0 Å². The molecule has 2 aromatic rings. The molecule has 1 fully saturated rings. The first kappa shape index (κ1) is 19.5. The minimum atomic E-state index is -0.0453. The Kier molecular flexibility index (Phi) is 6.95. The lowest BCUT2D eigenvalue weighted by Gasteiger charge is -2.36. The van der Waals surface area contributed by atoms with E-state index in [9.17, 15) is 4.79 Å². The lowest BCUT2D eigenvalue weighted by Crippen LogP contribution is -2.41. The lowest BCUT2D eigenvalue weighted by molar-refractivity contribution is -0.123. The van der Waals surface area contributed by atoms with Crippen molar-refractivity contribution in [1.29, 1.82) is 0 Å². The number of aromatic nitrogens is 3. The first-order valence-corrected chi connectivity index (χ1v) is 9.55. The summed E-state index contributed by atoms with van der Waals surface area (Å²) in [5.74, 6) is 0.404. The van der Waals surface area contributed by atoms with E-state index in [0.29, 0.717) is 18.9 Å². The van der Waals surface area contributed by atoms with Crippen LogP contribution in [0.25, 0.3) is 0 Å². The fourth-order valence-corrected chi connectivity index (χ4v) is 3.69. The van der Waals surface area contributed by atoms with E-state index in [0.717, 1.165) is 38.2 Å². The minimum absolute atomic E-state index is 0.0188. The summed E-state index contributed by atoms with van der Waals surface area (Å²) in [6.45, 7) is 3.38. The van der Waals surface area contributed by atoms with Gasteiger partial charge in [0.25, 0.3) is 0 Å². The van der Waals surface area contributed by atoms with Crippen molar-refractivity contribution < 1.29 is 9.53 Å². The number of methoxy groups -OCH3 is 1. The zero-order valence-corrected chi connectivity index (χ0v) is 16.2. The molecular formula is C20H29N5O2. The van der Waals surface area contributed by atoms with E-state index in [1.807, 2.05) is 36.1 Å². The molecule has 1 atom stereocenters. The number of carbonyl (C=O) groups is 1. The quantitative estimate of drug-likeness (QED) is 0.768. The maximum Gasteiger partial charge on any atom is 0.222 e. The van der Waals surface area contributed by atoms with Crippen LogP contribution >= 0.6 is 0 Å². The number of hydrogen-bond acceptors (Lipinski definition) is 5. The topological polar surface area (TPSA) is 72.3 Å². The van der Waals surface area contributed by atoms with Gasteiger partial charge in [-0.15, -0.1) is 0 Å². The standard InChI is InChI=1S/C20H29N5O2/c1-24-14-16(13-22-24)15-25-10-6-17(7-11-25)20(18-5-3-4-9-21-18)23-19(26)8-12-27-2/h3-5,9,13-14,17,20H,6-8,10-12,15H2,1-2H3,(H,23,26)/t20-/m0/s1. The Balaban J connectivity index is 1.60.